The number of carbonyl (C=O) groups excluding carboxylic acids is 1. The molecule has 2 rings (SSSR count). The molecule has 0 bridgehead atoms. The lowest BCUT2D eigenvalue weighted by molar-refractivity contribution is 0.0430. The van der Waals surface area contributed by atoms with Crippen LogP contribution in [0, 0.1) is 0 Å². The van der Waals surface area contributed by atoms with Crippen molar-refractivity contribution in [2.24, 2.45) is 0 Å². The van der Waals surface area contributed by atoms with Crippen molar-refractivity contribution in [2.75, 3.05) is 0 Å². The molecule has 6 nitrogen and oxygen atoms in total. The number of halogens is 1. The molecule has 2 aromatic rings. The van der Waals surface area contributed by atoms with Gasteiger partial charge in [0.05, 0.1) is 0 Å². The zero-order chi connectivity index (χ0) is 12.3. The molecule has 0 saturated carbocycles. The minimum absolute atomic E-state index is 0.0253. The molecule has 2 heterocycles. The van der Waals surface area contributed by atoms with E-state index in [1.807, 2.05) is 6.92 Å². The first-order valence-corrected chi connectivity index (χ1v) is 5.80. The van der Waals surface area contributed by atoms with Gasteiger partial charge in [0.25, 0.3) is 5.89 Å². The number of esters is 1. The van der Waals surface area contributed by atoms with E-state index in [1.54, 1.807) is 12.3 Å². The fourth-order valence-corrected chi connectivity index (χ4v) is 1.52. The fourth-order valence-electron chi connectivity index (χ4n) is 1.18. The number of rotatable bonds is 4. The standard InChI is InChI=1S/C10H10BrN3O3/c1-2-8-13-14-9(17-8)5-16-10(15)7-3-6(11)4-12-7/h3-4,12H,2,5H2,1H3. The lowest BCUT2D eigenvalue weighted by atomic mass is 10.4. The highest BCUT2D eigenvalue weighted by atomic mass is 79.9. The molecule has 0 amide bonds. The van der Waals surface area contributed by atoms with Gasteiger partial charge in [-0.15, -0.1) is 10.2 Å². The predicted molar refractivity (Wildman–Crippen MR) is 61.3 cm³/mol. The Morgan fingerprint density at radius 1 is 1.53 bits per heavy atom. The van der Waals surface area contributed by atoms with Gasteiger partial charge in [0.1, 0.15) is 5.69 Å². The van der Waals surface area contributed by atoms with Crippen molar-refractivity contribution in [1.29, 1.82) is 0 Å². The number of ether oxygens (including phenoxy) is 1. The number of aromatic nitrogens is 3. The minimum atomic E-state index is -0.466. The molecule has 0 saturated heterocycles. The Balaban J connectivity index is 1.92. The fraction of sp³-hybridized carbons (Fsp3) is 0.300. The molecule has 0 aromatic carbocycles. The van der Waals surface area contributed by atoms with Crippen LogP contribution in [0.5, 0.6) is 0 Å². The van der Waals surface area contributed by atoms with Crippen LogP contribution in [0.4, 0.5) is 0 Å². The second kappa shape index (κ2) is 5.13. The van der Waals surface area contributed by atoms with Crippen LogP contribution in [0.25, 0.3) is 0 Å². The molecule has 1 N–H and O–H groups in total. The molecule has 0 atom stereocenters. The average molecular weight is 300 g/mol. The van der Waals surface area contributed by atoms with Gasteiger partial charge in [-0.25, -0.2) is 4.79 Å². The Labute approximate surface area is 106 Å². The van der Waals surface area contributed by atoms with Crippen molar-refractivity contribution < 1.29 is 13.9 Å². The van der Waals surface area contributed by atoms with E-state index in [4.69, 9.17) is 9.15 Å². The van der Waals surface area contributed by atoms with E-state index in [1.165, 1.54) is 0 Å². The molecule has 90 valence electrons. The molecule has 0 fully saturated rings. The number of aromatic amines is 1. The van der Waals surface area contributed by atoms with E-state index in [2.05, 4.69) is 31.1 Å². The molecule has 17 heavy (non-hydrogen) atoms. The molecule has 0 unspecified atom stereocenters. The van der Waals surface area contributed by atoms with E-state index in [0.29, 0.717) is 23.9 Å². The molecular weight excluding hydrogens is 290 g/mol. The highest BCUT2D eigenvalue weighted by molar-refractivity contribution is 9.10. The summed E-state index contributed by atoms with van der Waals surface area (Å²) in [4.78, 5) is 14.3. The van der Waals surface area contributed by atoms with Crippen LogP contribution in [-0.4, -0.2) is 21.2 Å². The third-order valence-electron chi connectivity index (χ3n) is 2.01. The van der Waals surface area contributed by atoms with E-state index < -0.39 is 5.97 Å². The van der Waals surface area contributed by atoms with Crippen molar-refractivity contribution in [1.82, 2.24) is 15.2 Å². The van der Waals surface area contributed by atoms with E-state index in [0.717, 1.165) is 4.47 Å². The number of carbonyl (C=O) groups is 1. The first-order valence-electron chi connectivity index (χ1n) is 5.01. The summed E-state index contributed by atoms with van der Waals surface area (Å²) in [5.74, 6) is 0.353. The Hall–Kier alpha value is -1.63. The van der Waals surface area contributed by atoms with Gasteiger partial charge in [0.15, 0.2) is 6.61 Å². The maximum atomic E-state index is 11.5. The Morgan fingerprint density at radius 3 is 2.88 bits per heavy atom. The molecule has 2 aromatic heterocycles. The molecule has 0 spiro atoms. The van der Waals surface area contributed by atoms with Crippen LogP contribution in [0.2, 0.25) is 0 Å². The molecule has 0 aliphatic carbocycles. The van der Waals surface area contributed by atoms with Gasteiger partial charge in [-0.3, -0.25) is 0 Å². The summed E-state index contributed by atoms with van der Waals surface area (Å²) < 4.78 is 11.0. The summed E-state index contributed by atoms with van der Waals surface area (Å²) in [5, 5.41) is 7.51. The third-order valence-corrected chi connectivity index (χ3v) is 2.46. The zero-order valence-corrected chi connectivity index (χ0v) is 10.7. The first-order chi connectivity index (χ1) is 8.19. The van der Waals surface area contributed by atoms with Crippen LogP contribution in [0.15, 0.2) is 21.2 Å². The van der Waals surface area contributed by atoms with Gasteiger partial charge in [-0.1, -0.05) is 6.92 Å². The topological polar surface area (TPSA) is 81.0 Å². The van der Waals surface area contributed by atoms with Crippen LogP contribution in [0.1, 0.15) is 29.2 Å². The van der Waals surface area contributed by atoms with Crippen LogP contribution in [0.3, 0.4) is 0 Å². The van der Waals surface area contributed by atoms with Gasteiger partial charge in [0, 0.05) is 17.1 Å². The van der Waals surface area contributed by atoms with Gasteiger partial charge in [0.2, 0.25) is 5.89 Å². The Morgan fingerprint density at radius 2 is 2.29 bits per heavy atom. The number of H-pyrrole nitrogens is 1. The van der Waals surface area contributed by atoms with Gasteiger partial charge >= 0.3 is 5.97 Å². The number of aryl methyl sites for hydroxylation is 1. The number of hydrogen-bond acceptors (Lipinski definition) is 5. The van der Waals surface area contributed by atoms with E-state index in [-0.39, 0.29) is 6.61 Å². The molecule has 7 heteroatoms. The summed E-state index contributed by atoms with van der Waals surface area (Å²) in [6.45, 7) is 1.88. The van der Waals surface area contributed by atoms with E-state index >= 15 is 0 Å². The largest absolute Gasteiger partial charge is 0.451 e. The number of nitrogens with zero attached hydrogens (tertiary/aromatic N) is 2. The highest BCUT2D eigenvalue weighted by Gasteiger charge is 2.12. The monoisotopic (exact) mass is 299 g/mol. The average Bonchev–Trinajstić information content (AvgIpc) is 2.94. The smallest absolute Gasteiger partial charge is 0.355 e. The number of hydrogen-bond donors (Lipinski definition) is 1. The Bertz CT molecular complexity index is 520. The van der Waals surface area contributed by atoms with Crippen molar-refractivity contribution in [3.8, 4) is 0 Å². The van der Waals surface area contributed by atoms with Gasteiger partial charge in [-0.2, -0.15) is 0 Å². The summed E-state index contributed by atoms with van der Waals surface area (Å²) >= 11 is 3.23. The summed E-state index contributed by atoms with van der Waals surface area (Å²) in [6.07, 6.45) is 2.31. The van der Waals surface area contributed by atoms with Crippen molar-refractivity contribution in [2.45, 2.75) is 20.0 Å². The lowest BCUT2D eigenvalue weighted by Gasteiger charge is -1.98. The minimum Gasteiger partial charge on any atom is -0.451 e. The van der Waals surface area contributed by atoms with Crippen molar-refractivity contribution >= 4 is 21.9 Å². The maximum absolute atomic E-state index is 11.5. The van der Waals surface area contributed by atoms with E-state index in [9.17, 15) is 4.79 Å². The SMILES string of the molecule is CCc1nnc(COC(=O)c2cc(Br)c[nH]2)o1. The summed E-state index contributed by atoms with van der Waals surface area (Å²) in [6, 6.07) is 1.63. The lowest BCUT2D eigenvalue weighted by Crippen LogP contribution is -2.05. The van der Waals surface area contributed by atoms with Crippen molar-refractivity contribution in [3.63, 3.8) is 0 Å². The summed E-state index contributed by atoms with van der Waals surface area (Å²) in [5.41, 5.74) is 0.368. The molecule has 0 radical (unpaired) electrons. The second-order valence-electron chi connectivity index (χ2n) is 3.25. The van der Waals surface area contributed by atoms with Crippen molar-refractivity contribution in [3.05, 3.63) is 34.2 Å². The normalized spacial score (nSPS) is 10.5. The Kier molecular flexibility index (Phi) is 3.58. The van der Waals surface area contributed by atoms with Gasteiger partial charge in [-0.05, 0) is 22.0 Å². The molecule has 0 aliphatic heterocycles. The first kappa shape index (κ1) is 11.8. The maximum Gasteiger partial charge on any atom is 0.355 e. The quantitative estimate of drug-likeness (QED) is 0.874. The van der Waals surface area contributed by atoms with Crippen LogP contribution >= 0.6 is 15.9 Å². The van der Waals surface area contributed by atoms with Crippen LogP contribution < -0.4 is 0 Å². The highest BCUT2D eigenvalue weighted by Crippen LogP contribution is 2.12. The summed E-state index contributed by atoms with van der Waals surface area (Å²) in [7, 11) is 0. The molecular formula is C10H10BrN3O3. The second-order valence-corrected chi connectivity index (χ2v) is 4.17. The third kappa shape index (κ3) is 2.94. The van der Waals surface area contributed by atoms with Gasteiger partial charge < -0.3 is 14.1 Å². The predicted octanol–water partition coefficient (Wildman–Crippen LogP) is 2.08. The number of nitrogens with one attached hydrogen (secondary N) is 1. The van der Waals surface area contributed by atoms with Crippen LogP contribution in [-0.2, 0) is 17.8 Å². The zero-order valence-electron chi connectivity index (χ0n) is 9.07. The molecule has 0 aliphatic rings.